The normalized spacial score (nSPS) is 19.0. The number of aromatic nitrogens is 1. The number of halogens is 1. The molecule has 4 rings (SSSR count). The Balaban J connectivity index is 1.37. The number of ether oxygens (including phenoxy) is 1. The van der Waals surface area contributed by atoms with E-state index in [2.05, 4.69) is 21.2 Å². The van der Waals surface area contributed by atoms with Crippen LogP contribution < -0.4 is 10.2 Å². The van der Waals surface area contributed by atoms with Crippen LogP contribution in [0, 0.1) is 0 Å². The third-order valence-electron chi connectivity index (χ3n) is 5.13. The fourth-order valence-electron chi connectivity index (χ4n) is 3.66. The van der Waals surface area contributed by atoms with Crippen molar-refractivity contribution in [2.45, 2.75) is 51.7 Å². The van der Waals surface area contributed by atoms with Crippen LogP contribution in [0.2, 0.25) is 0 Å². The Kier molecular flexibility index (Phi) is 6.60. The van der Waals surface area contributed by atoms with Gasteiger partial charge in [0.1, 0.15) is 5.60 Å². The van der Waals surface area contributed by atoms with Gasteiger partial charge in [0.25, 0.3) is 5.91 Å². The summed E-state index contributed by atoms with van der Waals surface area (Å²) >= 11 is 6.22. The molecular formula is C21H25BrN4O4S2. The smallest absolute Gasteiger partial charge is 0.410 e. The van der Waals surface area contributed by atoms with E-state index in [4.69, 9.17) is 9.72 Å². The number of thiophene rings is 1. The van der Waals surface area contributed by atoms with Gasteiger partial charge in [-0.05, 0) is 48.8 Å². The van der Waals surface area contributed by atoms with Gasteiger partial charge in [0.2, 0.25) is 5.91 Å². The first-order valence-electron chi connectivity index (χ1n) is 10.4. The Morgan fingerprint density at radius 1 is 1.22 bits per heavy atom. The van der Waals surface area contributed by atoms with Crippen molar-refractivity contribution in [3.8, 4) is 0 Å². The molecule has 3 amide bonds. The second-order valence-corrected chi connectivity index (χ2v) is 12.3. The molecule has 1 atom stereocenters. The number of hydrogen-bond donors (Lipinski definition) is 1. The highest BCUT2D eigenvalue weighted by molar-refractivity contribution is 9.11. The third-order valence-corrected chi connectivity index (χ3v) is 7.94. The lowest BCUT2D eigenvalue weighted by Gasteiger charge is -2.26. The fraction of sp³-hybridized carbons (Fsp3) is 0.524. The van der Waals surface area contributed by atoms with Gasteiger partial charge < -0.3 is 15.0 Å². The second-order valence-electron chi connectivity index (χ2n) is 8.82. The van der Waals surface area contributed by atoms with Gasteiger partial charge in [0, 0.05) is 43.8 Å². The Hall–Kier alpha value is -1.98. The summed E-state index contributed by atoms with van der Waals surface area (Å²) in [5, 5.41) is 3.62. The Morgan fingerprint density at radius 3 is 2.66 bits per heavy atom. The van der Waals surface area contributed by atoms with Crippen LogP contribution in [0.5, 0.6) is 0 Å². The number of amides is 3. The molecule has 2 aliphatic rings. The number of carbonyl (C=O) groups is 3. The standard InChI is InChI=1S/C21H25BrN4O4S2/c1-21(2,3)30-20(29)25-8-6-13-14(7-9-25)32-19(24-13)26-11-12(10-17(26)27)23-18(28)15-4-5-16(22)31-15/h4-5,12H,6-11H2,1-3H3,(H,23,28). The average molecular weight is 541 g/mol. The van der Waals surface area contributed by atoms with Gasteiger partial charge >= 0.3 is 6.09 Å². The van der Waals surface area contributed by atoms with E-state index in [1.165, 1.54) is 22.7 Å². The summed E-state index contributed by atoms with van der Waals surface area (Å²) < 4.78 is 6.37. The van der Waals surface area contributed by atoms with Crippen molar-refractivity contribution in [2.24, 2.45) is 0 Å². The van der Waals surface area contributed by atoms with Crippen LogP contribution in [-0.2, 0) is 22.4 Å². The highest BCUT2D eigenvalue weighted by Gasteiger charge is 2.35. The molecule has 172 valence electrons. The SMILES string of the molecule is CC(C)(C)OC(=O)N1CCc2nc(N3CC(NC(=O)c4ccc(Br)s4)CC3=O)sc2CC1. The molecule has 0 saturated carbocycles. The number of carbonyl (C=O) groups excluding carboxylic acids is 3. The third kappa shape index (κ3) is 5.32. The van der Waals surface area contributed by atoms with E-state index in [0.717, 1.165) is 14.4 Å². The molecule has 1 fully saturated rings. The molecule has 2 aliphatic heterocycles. The lowest BCUT2D eigenvalue weighted by molar-refractivity contribution is -0.117. The minimum atomic E-state index is -0.526. The number of anilines is 1. The zero-order chi connectivity index (χ0) is 23.0. The minimum absolute atomic E-state index is 0.0399. The van der Waals surface area contributed by atoms with E-state index < -0.39 is 5.60 Å². The number of hydrogen-bond acceptors (Lipinski definition) is 7. The van der Waals surface area contributed by atoms with Gasteiger partial charge in [0.05, 0.1) is 20.4 Å². The second kappa shape index (κ2) is 9.11. The largest absolute Gasteiger partial charge is 0.444 e. The molecule has 0 aromatic carbocycles. The van der Waals surface area contributed by atoms with Crippen LogP contribution in [0.1, 0.15) is 47.4 Å². The molecule has 1 N–H and O–H groups in total. The number of rotatable bonds is 3. The van der Waals surface area contributed by atoms with Crippen molar-refractivity contribution in [1.82, 2.24) is 15.2 Å². The van der Waals surface area contributed by atoms with Crippen LogP contribution in [-0.4, -0.2) is 59.1 Å². The zero-order valence-electron chi connectivity index (χ0n) is 18.1. The molecule has 0 spiro atoms. The van der Waals surface area contributed by atoms with Gasteiger partial charge in [-0.15, -0.1) is 22.7 Å². The summed E-state index contributed by atoms with van der Waals surface area (Å²) in [6.45, 7) is 7.08. The monoisotopic (exact) mass is 540 g/mol. The van der Waals surface area contributed by atoms with Crippen LogP contribution in [0.15, 0.2) is 15.9 Å². The number of nitrogens with one attached hydrogen (secondary N) is 1. The van der Waals surface area contributed by atoms with Crippen LogP contribution in [0.3, 0.4) is 0 Å². The van der Waals surface area contributed by atoms with E-state index in [0.29, 0.717) is 42.5 Å². The topological polar surface area (TPSA) is 91.8 Å². The summed E-state index contributed by atoms with van der Waals surface area (Å²) in [5.74, 6) is -0.209. The maximum absolute atomic E-state index is 12.6. The number of fused-ring (bicyclic) bond motifs is 1. The van der Waals surface area contributed by atoms with E-state index in [1.54, 1.807) is 15.9 Å². The minimum Gasteiger partial charge on any atom is -0.444 e. The summed E-state index contributed by atoms with van der Waals surface area (Å²) in [6, 6.07) is 3.34. The van der Waals surface area contributed by atoms with Gasteiger partial charge in [-0.1, -0.05) is 0 Å². The summed E-state index contributed by atoms with van der Waals surface area (Å²) in [7, 11) is 0. The van der Waals surface area contributed by atoms with Crippen molar-refractivity contribution in [1.29, 1.82) is 0 Å². The Bertz CT molecular complexity index is 1020. The van der Waals surface area contributed by atoms with Crippen molar-refractivity contribution < 1.29 is 19.1 Å². The van der Waals surface area contributed by atoms with Crippen molar-refractivity contribution in [3.63, 3.8) is 0 Å². The molecule has 0 bridgehead atoms. The molecule has 32 heavy (non-hydrogen) atoms. The van der Waals surface area contributed by atoms with Crippen molar-refractivity contribution >= 4 is 61.6 Å². The molecule has 8 nitrogen and oxygen atoms in total. The summed E-state index contributed by atoms with van der Waals surface area (Å²) in [6.07, 6.45) is 1.26. The quantitative estimate of drug-likeness (QED) is 0.638. The van der Waals surface area contributed by atoms with Crippen LogP contribution in [0.25, 0.3) is 0 Å². The van der Waals surface area contributed by atoms with Gasteiger partial charge in [-0.3, -0.25) is 14.5 Å². The van der Waals surface area contributed by atoms with Gasteiger partial charge in [-0.25, -0.2) is 9.78 Å². The lowest BCUT2D eigenvalue weighted by Crippen LogP contribution is -2.38. The Morgan fingerprint density at radius 2 is 1.97 bits per heavy atom. The van der Waals surface area contributed by atoms with Crippen LogP contribution in [0.4, 0.5) is 9.93 Å². The van der Waals surface area contributed by atoms with Crippen LogP contribution >= 0.6 is 38.6 Å². The van der Waals surface area contributed by atoms with E-state index in [1.807, 2.05) is 26.8 Å². The highest BCUT2D eigenvalue weighted by atomic mass is 79.9. The first-order chi connectivity index (χ1) is 15.1. The first-order valence-corrected chi connectivity index (χ1v) is 12.8. The summed E-state index contributed by atoms with van der Waals surface area (Å²) in [4.78, 5) is 47.2. The predicted molar refractivity (Wildman–Crippen MR) is 128 cm³/mol. The predicted octanol–water partition coefficient (Wildman–Crippen LogP) is 3.84. The van der Waals surface area contributed by atoms with E-state index >= 15 is 0 Å². The first kappa shape index (κ1) is 23.2. The molecule has 1 unspecified atom stereocenters. The maximum Gasteiger partial charge on any atom is 0.410 e. The lowest BCUT2D eigenvalue weighted by atomic mass is 10.2. The zero-order valence-corrected chi connectivity index (χ0v) is 21.4. The molecule has 0 radical (unpaired) electrons. The molecule has 0 aliphatic carbocycles. The molecule has 4 heterocycles. The van der Waals surface area contributed by atoms with Crippen molar-refractivity contribution in [3.05, 3.63) is 31.4 Å². The molecule has 1 saturated heterocycles. The molecule has 2 aromatic rings. The molecule has 2 aromatic heterocycles. The number of nitrogens with zero attached hydrogens (tertiary/aromatic N) is 3. The van der Waals surface area contributed by atoms with Gasteiger partial charge in [-0.2, -0.15) is 0 Å². The average Bonchev–Trinajstić information content (AvgIpc) is 3.36. The Labute approximate surface area is 203 Å². The van der Waals surface area contributed by atoms with E-state index in [-0.39, 0.29) is 30.4 Å². The molecule has 11 heteroatoms. The van der Waals surface area contributed by atoms with Gasteiger partial charge in [0.15, 0.2) is 5.13 Å². The number of thiazole rings is 1. The maximum atomic E-state index is 12.6. The fourth-order valence-corrected chi connectivity index (χ4v) is 6.07. The highest BCUT2D eigenvalue weighted by Crippen LogP contribution is 2.32. The molecular weight excluding hydrogens is 516 g/mol. The van der Waals surface area contributed by atoms with E-state index in [9.17, 15) is 14.4 Å². The van der Waals surface area contributed by atoms with Crippen molar-refractivity contribution in [2.75, 3.05) is 24.5 Å². The summed E-state index contributed by atoms with van der Waals surface area (Å²) in [5.41, 5.74) is 0.404.